The smallest absolute Gasteiger partial charge is 0.234 e. The number of nitrogens with two attached hydrogens (primary N) is 1. The number of carbonyl (C=O) groups is 1. The van der Waals surface area contributed by atoms with Gasteiger partial charge < -0.3 is 5.73 Å². The fraction of sp³-hybridized carbons (Fsp3) is 0.267. The molecule has 1 aliphatic heterocycles. The van der Waals surface area contributed by atoms with Gasteiger partial charge >= 0.3 is 0 Å². The SMILES string of the molecule is CC1C(=O)N(C)C(N)=NC1c1cnn(-c2cccc(Br)c2)c1. The number of hydrogen-bond donors (Lipinski definition) is 1. The minimum atomic E-state index is -0.301. The second-order valence-electron chi connectivity index (χ2n) is 5.32. The molecule has 1 aromatic carbocycles. The van der Waals surface area contributed by atoms with Crippen molar-refractivity contribution in [1.29, 1.82) is 0 Å². The highest BCUT2D eigenvalue weighted by Gasteiger charge is 2.34. The van der Waals surface area contributed by atoms with E-state index in [9.17, 15) is 4.79 Å². The summed E-state index contributed by atoms with van der Waals surface area (Å²) >= 11 is 3.45. The van der Waals surface area contributed by atoms with Crippen molar-refractivity contribution < 1.29 is 4.79 Å². The van der Waals surface area contributed by atoms with Crippen molar-refractivity contribution in [3.05, 3.63) is 46.7 Å². The number of nitrogens with zero attached hydrogens (tertiary/aromatic N) is 4. The van der Waals surface area contributed by atoms with Crippen molar-refractivity contribution in [2.75, 3.05) is 7.05 Å². The molecule has 114 valence electrons. The lowest BCUT2D eigenvalue weighted by atomic mass is 9.95. The highest BCUT2D eigenvalue weighted by Crippen LogP contribution is 2.30. The molecule has 2 atom stereocenters. The zero-order valence-electron chi connectivity index (χ0n) is 12.3. The van der Waals surface area contributed by atoms with Crippen LogP contribution in [0.25, 0.3) is 5.69 Å². The van der Waals surface area contributed by atoms with Crippen LogP contribution in [0.3, 0.4) is 0 Å². The molecular weight excluding hydrogens is 346 g/mol. The fourth-order valence-corrected chi connectivity index (χ4v) is 2.89. The molecule has 0 saturated heterocycles. The predicted molar refractivity (Wildman–Crippen MR) is 87.6 cm³/mol. The topological polar surface area (TPSA) is 76.5 Å². The third-order valence-corrected chi connectivity index (χ3v) is 4.32. The Morgan fingerprint density at radius 3 is 2.86 bits per heavy atom. The average Bonchev–Trinajstić information content (AvgIpc) is 2.98. The van der Waals surface area contributed by atoms with Gasteiger partial charge in [-0.05, 0) is 18.2 Å². The number of guanidine groups is 1. The number of hydrogen-bond acceptors (Lipinski definition) is 4. The van der Waals surface area contributed by atoms with Crippen LogP contribution in [0.15, 0.2) is 46.1 Å². The van der Waals surface area contributed by atoms with Crippen molar-refractivity contribution in [2.45, 2.75) is 13.0 Å². The van der Waals surface area contributed by atoms with E-state index in [1.807, 2.05) is 37.4 Å². The summed E-state index contributed by atoms with van der Waals surface area (Å²) in [5, 5.41) is 4.37. The Bertz CT molecular complexity index is 754. The molecule has 2 heterocycles. The minimum Gasteiger partial charge on any atom is -0.369 e. The number of halogens is 1. The molecule has 6 nitrogen and oxygen atoms in total. The summed E-state index contributed by atoms with van der Waals surface area (Å²) in [4.78, 5) is 18.0. The molecule has 0 spiro atoms. The van der Waals surface area contributed by atoms with E-state index >= 15 is 0 Å². The number of amides is 1. The standard InChI is InChI=1S/C15H16BrN5O/c1-9-13(19-15(17)20(2)14(9)22)10-7-18-21(8-10)12-5-3-4-11(16)6-12/h3-9,13H,1-2H3,(H2,17,19). The summed E-state index contributed by atoms with van der Waals surface area (Å²) in [6.45, 7) is 1.86. The van der Waals surface area contributed by atoms with Gasteiger partial charge in [-0.3, -0.25) is 9.69 Å². The lowest BCUT2D eigenvalue weighted by Crippen LogP contribution is -2.46. The molecule has 1 amide bonds. The summed E-state index contributed by atoms with van der Waals surface area (Å²) in [6, 6.07) is 7.53. The van der Waals surface area contributed by atoms with E-state index in [1.54, 1.807) is 17.9 Å². The van der Waals surface area contributed by atoms with Gasteiger partial charge in [0, 0.05) is 23.3 Å². The molecule has 2 N–H and O–H groups in total. The molecule has 2 unspecified atom stereocenters. The van der Waals surface area contributed by atoms with Gasteiger partial charge in [-0.1, -0.05) is 28.9 Å². The first-order valence-electron chi connectivity index (χ1n) is 6.88. The molecule has 0 aliphatic carbocycles. The summed E-state index contributed by atoms with van der Waals surface area (Å²) in [5.74, 6) is -0.0616. The van der Waals surface area contributed by atoms with Crippen LogP contribution in [0.4, 0.5) is 0 Å². The minimum absolute atomic E-state index is 0.0345. The first kappa shape index (κ1) is 14.8. The number of aromatic nitrogens is 2. The van der Waals surface area contributed by atoms with Crippen LogP contribution in [-0.2, 0) is 4.79 Å². The Kier molecular flexibility index (Phi) is 3.74. The molecule has 22 heavy (non-hydrogen) atoms. The number of carbonyl (C=O) groups excluding carboxylic acids is 1. The summed E-state index contributed by atoms with van der Waals surface area (Å²) in [6.07, 6.45) is 3.62. The first-order chi connectivity index (χ1) is 10.5. The molecule has 0 fully saturated rings. The van der Waals surface area contributed by atoms with Crippen molar-refractivity contribution in [3.63, 3.8) is 0 Å². The van der Waals surface area contributed by atoms with Crippen LogP contribution in [0, 0.1) is 5.92 Å². The van der Waals surface area contributed by atoms with Gasteiger partial charge in [0.1, 0.15) is 0 Å². The molecule has 1 aromatic heterocycles. The van der Waals surface area contributed by atoms with Crippen molar-refractivity contribution in [1.82, 2.24) is 14.7 Å². The lowest BCUT2D eigenvalue weighted by molar-refractivity contribution is -0.131. The second kappa shape index (κ2) is 5.57. The highest BCUT2D eigenvalue weighted by molar-refractivity contribution is 9.10. The van der Waals surface area contributed by atoms with Crippen LogP contribution in [-0.4, -0.2) is 33.6 Å². The maximum Gasteiger partial charge on any atom is 0.234 e. The van der Waals surface area contributed by atoms with Gasteiger partial charge in [-0.25, -0.2) is 9.67 Å². The highest BCUT2D eigenvalue weighted by atomic mass is 79.9. The zero-order chi connectivity index (χ0) is 15.9. The fourth-order valence-electron chi connectivity index (χ4n) is 2.51. The molecule has 7 heteroatoms. The van der Waals surface area contributed by atoms with E-state index in [4.69, 9.17) is 5.73 Å². The maximum atomic E-state index is 12.2. The van der Waals surface area contributed by atoms with Crippen LogP contribution in [0.5, 0.6) is 0 Å². The van der Waals surface area contributed by atoms with Gasteiger partial charge in [0.25, 0.3) is 0 Å². The van der Waals surface area contributed by atoms with Gasteiger partial charge in [0.05, 0.1) is 23.8 Å². The van der Waals surface area contributed by atoms with E-state index in [2.05, 4.69) is 26.0 Å². The zero-order valence-corrected chi connectivity index (χ0v) is 13.9. The Balaban J connectivity index is 1.95. The lowest BCUT2D eigenvalue weighted by Gasteiger charge is -2.30. The van der Waals surface area contributed by atoms with Crippen molar-refractivity contribution >= 4 is 27.8 Å². The van der Waals surface area contributed by atoms with Crippen LogP contribution < -0.4 is 5.73 Å². The third-order valence-electron chi connectivity index (χ3n) is 3.83. The Hall–Kier alpha value is -2.15. The molecular formula is C15H16BrN5O. The normalized spacial score (nSPS) is 21.9. The number of rotatable bonds is 2. The molecule has 0 saturated carbocycles. The Labute approximate surface area is 136 Å². The van der Waals surface area contributed by atoms with E-state index < -0.39 is 0 Å². The van der Waals surface area contributed by atoms with Crippen LogP contribution in [0.2, 0.25) is 0 Å². The molecule has 1 aliphatic rings. The third kappa shape index (κ3) is 2.52. The number of benzene rings is 1. The van der Waals surface area contributed by atoms with E-state index in [0.29, 0.717) is 0 Å². The van der Waals surface area contributed by atoms with Gasteiger partial charge in [-0.15, -0.1) is 0 Å². The van der Waals surface area contributed by atoms with Gasteiger partial charge in [-0.2, -0.15) is 5.10 Å². The summed E-state index contributed by atoms with van der Waals surface area (Å²) in [5.41, 5.74) is 7.62. The quantitative estimate of drug-likeness (QED) is 0.889. The van der Waals surface area contributed by atoms with E-state index in [1.165, 1.54) is 4.90 Å². The molecule has 2 aromatic rings. The maximum absolute atomic E-state index is 12.2. The molecule has 0 bridgehead atoms. The van der Waals surface area contributed by atoms with E-state index in [0.717, 1.165) is 15.7 Å². The average molecular weight is 362 g/mol. The van der Waals surface area contributed by atoms with Crippen molar-refractivity contribution in [3.8, 4) is 5.69 Å². The van der Waals surface area contributed by atoms with Gasteiger partial charge in [0.15, 0.2) is 5.96 Å². The Morgan fingerprint density at radius 2 is 2.14 bits per heavy atom. The second-order valence-corrected chi connectivity index (χ2v) is 6.23. The molecule has 3 rings (SSSR count). The monoisotopic (exact) mass is 361 g/mol. The summed E-state index contributed by atoms with van der Waals surface area (Å²) in [7, 11) is 1.64. The van der Waals surface area contributed by atoms with Crippen LogP contribution >= 0.6 is 15.9 Å². The van der Waals surface area contributed by atoms with E-state index in [-0.39, 0.29) is 23.8 Å². The number of aliphatic imine (C=N–C) groups is 1. The Morgan fingerprint density at radius 1 is 1.36 bits per heavy atom. The van der Waals surface area contributed by atoms with Gasteiger partial charge in [0.2, 0.25) is 5.91 Å². The first-order valence-corrected chi connectivity index (χ1v) is 7.68. The predicted octanol–water partition coefficient (Wildman–Crippen LogP) is 2.10. The largest absolute Gasteiger partial charge is 0.369 e. The molecule has 0 radical (unpaired) electrons. The summed E-state index contributed by atoms with van der Waals surface area (Å²) < 4.78 is 2.74. The van der Waals surface area contributed by atoms with Crippen molar-refractivity contribution in [2.24, 2.45) is 16.6 Å². The van der Waals surface area contributed by atoms with Crippen LogP contribution in [0.1, 0.15) is 18.5 Å².